The van der Waals surface area contributed by atoms with Crippen molar-refractivity contribution in [3.8, 4) is 0 Å². The molecular formula is C14H10BrF2N3O. The average molecular weight is 354 g/mol. The summed E-state index contributed by atoms with van der Waals surface area (Å²) >= 11 is 3.02. The minimum absolute atomic E-state index is 0.213. The summed E-state index contributed by atoms with van der Waals surface area (Å²) in [5.74, 6) is -1.45. The van der Waals surface area contributed by atoms with Gasteiger partial charge in [-0.3, -0.25) is 0 Å². The largest absolute Gasteiger partial charge is 0.323 e. The van der Waals surface area contributed by atoms with Gasteiger partial charge in [0.2, 0.25) is 0 Å². The third kappa shape index (κ3) is 2.50. The molecular weight excluding hydrogens is 344 g/mol. The second-order valence-electron chi connectivity index (χ2n) is 4.64. The van der Waals surface area contributed by atoms with E-state index in [0.717, 1.165) is 12.1 Å². The number of H-pyrrole nitrogens is 2. The van der Waals surface area contributed by atoms with E-state index in [9.17, 15) is 13.6 Å². The predicted molar refractivity (Wildman–Crippen MR) is 79.0 cm³/mol. The molecule has 21 heavy (non-hydrogen) atoms. The Bertz CT molecular complexity index is 864. The molecule has 4 nitrogen and oxygen atoms in total. The summed E-state index contributed by atoms with van der Waals surface area (Å²) in [6, 6.07) is 6.21. The molecule has 1 atom stereocenters. The monoisotopic (exact) mass is 353 g/mol. The van der Waals surface area contributed by atoms with E-state index in [4.69, 9.17) is 5.73 Å². The normalized spacial score (nSPS) is 12.8. The topological polar surface area (TPSA) is 74.7 Å². The number of hydrogen-bond donors (Lipinski definition) is 3. The van der Waals surface area contributed by atoms with Gasteiger partial charge in [-0.15, -0.1) is 0 Å². The van der Waals surface area contributed by atoms with Crippen molar-refractivity contribution in [3.05, 3.63) is 68.1 Å². The van der Waals surface area contributed by atoms with Crippen molar-refractivity contribution in [1.29, 1.82) is 0 Å². The highest BCUT2D eigenvalue weighted by molar-refractivity contribution is 9.10. The molecule has 0 fully saturated rings. The first-order valence-electron chi connectivity index (χ1n) is 6.07. The van der Waals surface area contributed by atoms with Crippen molar-refractivity contribution >= 4 is 27.0 Å². The Hall–Kier alpha value is -1.99. The van der Waals surface area contributed by atoms with Crippen LogP contribution in [-0.2, 0) is 0 Å². The second-order valence-corrected chi connectivity index (χ2v) is 5.56. The van der Waals surface area contributed by atoms with Gasteiger partial charge in [-0.25, -0.2) is 13.6 Å². The fourth-order valence-corrected chi connectivity index (χ4v) is 2.66. The summed E-state index contributed by atoms with van der Waals surface area (Å²) < 4.78 is 28.2. The first-order chi connectivity index (χ1) is 9.95. The van der Waals surface area contributed by atoms with Gasteiger partial charge in [0.25, 0.3) is 0 Å². The smallest absolute Gasteiger partial charge is 0.320 e. The van der Waals surface area contributed by atoms with Gasteiger partial charge in [-0.05, 0) is 29.8 Å². The molecule has 108 valence electrons. The van der Waals surface area contributed by atoms with Crippen LogP contribution in [0.5, 0.6) is 0 Å². The zero-order valence-electron chi connectivity index (χ0n) is 10.6. The number of nitrogens with two attached hydrogens (primary N) is 1. The first kappa shape index (κ1) is 14.0. The Kier molecular flexibility index (Phi) is 3.38. The summed E-state index contributed by atoms with van der Waals surface area (Å²) in [7, 11) is 0. The highest BCUT2D eigenvalue weighted by Crippen LogP contribution is 2.28. The molecule has 4 N–H and O–H groups in total. The number of aromatic amines is 2. The van der Waals surface area contributed by atoms with Crippen LogP contribution >= 0.6 is 15.9 Å². The molecule has 0 spiro atoms. The second kappa shape index (κ2) is 5.09. The summed E-state index contributed by atoms with van der Waals surface area (Å²) in [6.07, 6.45) is 0. The van der Waals surface area contributed by atoms with Crippen LogP contribution in [0.4, 0.5) is 8.78 Å². The molecule has 0 bridgehead atoms. The molecule has 1 aromatic heterocycles. The zero-order valence-corrected chi connectivity index (χ0v) is 12.2. The zero-order chi connectivity index (χ0) is 15.1. The van der Waals surface area contributed by atoms with Crippen molar-refractivity contribution < 1.29 is 8.78 Å². The van der Waals surface area contributed by atoms with Gasteiger partial charge in [0, 0.05) is 10.0 Å². The van der Waals surface area contributed by atoms with Crippen LogP contribution in [0.1, 0.15) is 17.2 Å². The van der Waals surface area contributed by atoms with Crippen LogP contribution in [0, 0.1) is 11.6 Å². The van der Waals surface area contributed by atoms with Crippen LogP contribution in [0.3, 0.4) is 0 Å². The Morgan fingerprint density at radius 3 is 2.33 bits per heavy atom. The van der Waals surface area contributed by atoms with Gasteiger partial charge in [0.1, 0.15) is 11.6 Å². The summed E-state index contributed by atoms with van der Waals surface area (Å²) in [5, 5.41) is 0. The highest BCUT2D eigenvalue weighted by Gasteiger charge is 2.19. The molecule has 0 aliphatic rings. The van der Waals surface area contributed by atoms with Crippen LogP contribution in [0.25, 0.3) is 11.0 Å². The maximum atomic E-state index is 14.0. The number of aromatic nitrogens is 2. The molecule has 3 rings (SSSR count). The van der Waals surface area contributed by atoms with E-state index in [1.807, 2.05) is 0 Å². The molecule has 0 amide bonds. The minimum atomic E-state index is -0.971. The van der Waals surface area contributed by atoms with E-state index < -0.39 is 17.7 Å². The van der Waals surface area contributed by atoms with E-state index in [0.29, 0.717) is 21.1 Å². The average Bonchev–Trinajstić information content (AvgIpc) is 2.76. The SMILES string of the molecule is NC(c1ccc2[nH]c(=O)[nH]c2c1)c1c(F)cc(Br)cc1F. The van der Waals surface area contributed by atoms with Gasteiger partial charge in [-0.1, -0.05) is 22.0 Å². The van der Waals surface area contributed by atoms with Crippen molar-refractivity contribution in [2.75, 3.05) is 0 Å². The quantitative estimate of drug-likeness (QED) is 0.662. The number of benzene rings is 2. The first-order valence-corrected chi connectivity index (χ1v) is 6.87. The Labute approximate surface area is 126 Å². The van der Waals surface area contributed by atoms with Crippen LogP contribution in [0.15, 0.2) is 39.6 Å². The number of nitrogens with one attached hydrogen (secondary N) is 2. The molecule has 1 heterocycles. The molecule has 0 aliphatic carbocycles. The number of imidazole rings is 1. The third-order valence-corrected chi connectivity index (χ3v) is 3.71. The molecule has 2 aromatic carbocycles. The molecule has 7 heteroatoms. The molecule has 3 aromatic rings. The molecule has 0 aliphatic heterocycles. The van der Waals surface area contributed by atoms with Gasteiger partial charge in [-0.2, -0.15) is 0 Å². The Morgan fingerprint density at radius 2 is 1.67 bits per heavy atom. The molecule has 1 unspecified atom stereocenters. The van der Waals surface area contributed by atoms with Crippen molar-refractivity contribution in [3.63, 3.8) is 0 Å². The molecule has 0 saturated carbocycles. The number of fused-ring (bicyclic) bond motifs is 1. The lowest BCUT2D eigenvalue weighted by molar-refractivity contribution is 0.542. The fourth-order valence-electron chi connectivity index (χ4n) is 2.26. The van der Waals surface area contributed by atoms with Crippen LogP contribution in [0.2, 0.25) is 0 Å². The van der Waals surface area contributed by atoms with E-state index in [-0.39, 0.29) is 11.3 Å². The van der Waals surface area contributed by atoms with Gasteiger partial charge in [0.15, 0.2) is 0 Å². The lowest BCUT2D eigenvalue weighted by Crippen LogP contribution is -2.15. The maximum absolute atomic E-state index is 14.0. The summed E-state index contributed by atoms with van der Waals surface area (Å²) in [5.41, 5.74) is 7.04. The van der Waals surface area contributed by atoms with Crippen molar-refractivity contribution in [2.24, 2.45) is 5.73 Å². The van der Waals surface area contributed by atoms with Crippen LogP contribution < -0.4 is 11.4 Å². The standard InChI is InChI=1S/C14H10BrF2N3O/c15-7-4-8(16)12(9(17)5-7)13(18)6-1-2-10-11(3-6)20-14(21)19-10/h1-5,13H,18H2,(H2,19,20,21). The van der Waals surface area contributed by atoms with Gasteiger partial charge < -0.3 is 15.7 Å². The lowest BCUT2D eigenvalue weighted by atomic mass is 9.98. The number of rotatable bonds is 2. The highest BCUT2D eigenvalue weighted by atomic mass is 79.9. The molecule has 0 saturated heterocycles. The van der Waals surface area contributed by atoms with Gasteiger partial charge in [0.05, 0.1) is 17.1 Å². The van der Waals surface area contributed by atoms with Crippen molar-refractivity contribution in [1.82, 2.24) is 9.97 Å². The summed E-state index contributed by atoms with van der Waals surface area (Å²) in [4.78, 5) is 16.4. The van der Waals surface area contributed by atoms with E-state index in [1.165, 1.54) is 0 Å². The van der Waals surface area contributed by atoms with E-state index in [1.54, 1.807) is 18.2 Å². The Morgan fingerprint density at radius 1 is 1.05 bits per heavy atom. The predicted octanol–water partition coefficient (Wildman–Crippen LogP) is 2.95. The van der Waals surface area contributed by atoms with E-state index in [2.05, 4.69) is 25.9 Å². The number of hydrogen-bond acceptors (Lipinski definition) is 2. The minimum Gasteiger partial charge on any atom is -0.320 e. The fraction of sp³-hybridized carbons (Fsp3) is 0.0714. The summed E-state index contributed by atoms with van der Waals surface area (Å²) in [6.45, 7) is 0. The maximum Gasteiger partial charge on any atom is 0.323 e. The van der Waals surface area contributed by atoms with E-state index >= 15 is 0 Å². The lowest BCUT2D eigenvalue weighted by Gasteiger charge is -2.15. The van der Waals surface area contributed by atoms with Gasteiger partial charge >= 0.3 is 5.69 Å². The Balaban J connectivity index is 2.11. The molecule has 0 radical (unpaired) electrons. The van der Waals surface area contributed by atoms with Crippen LogP contribution in [-0.4, -0.2) is 9.97 Å². The third-order valence-electron chi connectivity index (χ3n) is 3.25. The number of halogens is 3. The van der Waals surface area contributed by atoms with Crippen molar-refractivity contribution in [2.45, 2.75) is 6.04 Å².